The summed E-state index contributed by atoms with van der Waals surface area (Å²) in [4.78, 5) is 0. The molecule has 2 aliphatic carbocycles. The first-order valence-electron chi connectivity index (χ1n) is 8.21. The first kappa shape index (κ1) is 15.0. The molecule has 2 rings (SSSR count). The van der Waals surface area contributed by atoms with Crippen LogP contribution in [-0.2, 0) is 0 Å². The molecular formula is C17H28F2. The summed E-state index contributed by atoms with van der Waals surface area (Å²) in [5, 5.41) is 0. The monoisotopic (exact) mass is 270 g/mol. The maximum Gasteiger partial charge on any atom is 0.266 e. The van der Waals surface area contributed by atoms with Crippen molar-refractivity contribution in [1.29, 1.82) is 0 Å². The first-order chi connectivity index (χ1) is 9.19. The molecule has 0 aromatic carbocycles. The van der Waals surface area contributed by atoms with Crippen LogP contribution >= 0.6 is 0 Å². The topological polar surface area (TPSA) is 0 Å². The second-order valence-corrected chi connectivity index (χ2v) is 6.70. The van der Waals surface area contributed by atoms with Gasteiger partial charge >= 0.3 is 0 Å². The van der Waals surface area contributed by atoms with E-state index in [9.17, 15) is 8.78 Å². The van der Waals surface area contributed by atoms with E-state index in [0.29, 0.717) is 0 Å². The Morgan fingerprint density at radius 1 is 0.895 bits per heavy atom. The van der Waals surface area contributed by atoms with Crippen LogP contribution in [0.15, 0.2) is 12.2 Å². The van der Waals surface area contributed by atoms with Crippen molar-refractivity contribution in [2.75, 3.05) is 0 Å². The Bertz CT molecular complexity index is 278. The summed E-state index contributed by atoms with van der Waals surface area (Å²) in [7, 11) is 0. The molecule has 19 heavy (non-hydrogen) atoms. The lowest BCUT2D eigenvalue weighted by Gasteiger charge is -2.37. The summed E-state index contributed by atoms with van der Waals surface area (Å²) in [6.07, 6.45) is 12.4. The van der Waals surface area contributed by atoms with Crippen molar-refractivity contribution in [2.45, 2.75) is 71.1 Å². The molecule has 0 nitrogen and oxygen atoms in total. The molecule has 0 amide bonds. The van der Waals surface area contributed by atoms with Crippen molar-refractivity contribution in [3.63, 3.8) is 0 Å². The minimum Gasteiger partial charge on any atom is -0.174 e. The number of allylic oxidation sites excluding steroid dienone is 1. The Balaban J connectivity index is 1.72. The predicted octanol–water partition coefficient (Wildman–Crippen LogP) is 6.18. The molecule has 0 spiro atoms. The molecule has 2 saturated carbocycles. The molecule has 110 valence electrons. The Hall–Kier alpha value is -0.400. The highest BCUT2D eigenvalue weighted by Crippen LogP contribution is 2.42. The van der Waals surface area contributed by atoms with Gasteiger partial charge in [-0.25, -0.2) is 0 Å². The molecule has 0 aromatic rings. The zero-order valence-corrected chi connectivity index (χ0v) is 12.2. The lowest BCUT2D eigenvalue weighted by atomic mass is 9.69. The molecule has 0 atom stereocenters. The van der Waals surface area contributed by atoms with Crippen molar-refractivity contribution < 1.29 is 8.78 Å². The molecular weight excluding hydrogens is 242 g/mol. The van der Waals surface area contributed by atoms with Crippen molar-refractivity contribution in [1.82, 2.24) is 0 Å². The second-order valence-electron chi connectivity index (χ2n) is 6.70. The average molecular weight is 270 g/mol. The van der Waals surface area contributed by atoms with E-state index >= 15 is 0 Å². The maximum atomic E-state index is 12.2. The van der Waals surface area contributed by atoms with E-state index in [1.807, 2.05) is 0 Å². The van der Waals surface area contributed by atoms with Crippen molar-refractivity contribution in [2.24, 2.45) is 23.7 Å². The fraction of sp³-hybridized carbons (Fsp3) is 0.882. The minimum atomic E-state index is -1.48. The van der Waals surface area contributed by atoms with E-state index in [-0.39, 0.29) is 5.92 Å². The quantitative estimate of drug-likeness (QED) is 0.572. The average Bonchev–Trinajstić information content (AvgIpc) is 2.40. The molecule has 0 N–H and O–H groups in total. The molecule has 2 aliphatic rings. The highest BCUT2D eigenvalue weighted by atomic mass is 19.3. The molecule has 0 aliphatic heterocycles. The summed E-state index contributed by atoms with van der Waals surface area (Å²) < 4.78 is 24.5. The number of hydrogen-bond donors (Lipinski definition) is 0. The van der Waals surface area contributed by atoms with E-state index in [4.69, 9.17) is 0 Å². The Kier molecular flexibility index (Phi) is 5.84. The summed E-state index contributed by atoms with van der Waals surface area (Å²) in [5.41, 5.74) is 0. The van der Waals surface area contributed by atoms with Gasteiger partial charge in [-0.1, -0.05) is 32.6 Å². The molecule has 0 saturated heterocycles. The van der Waals surface area contributed by atoms with Gasteiger partial charge in [0.1, 0.15) is 0 Å². The molecule has 2 heteroatoms. The second kappa shape index (κ2) is 7.40. The smallest absolute Gasteiger partial charge is 0.174 e. The van der Waals surface area contributed by atoms with Crippen molar-refractivity contribution >= 4 is 0 Å². The normalized spacial score (nSPS) is 35.9. The van der Waals surface area contributed by atoms with E-state index in [1.54, 1.807) is 0 Å². The SMILES string of the molecule is CCCC1CCC(C2CCC(C=C(F)F)CC2)CC1. The Morgan fingerprint density at radius 2 is 1.42 bits per heavy atom. The van der Waals surface area contributed by atoms with Crippen LogP contribution in [0.2, 0.25) is 0 Å². The molecule has 0 unspecified atom stereocenters. The van der Waals surface area contributed by atoms with Gasteiger partial charge in [-0.3, -0.25) is 0 Å². The van der Waals surface area contributed by atoms with Gasteiger partial charge in [-0.15, -0.1) is 0 Å². The summed E-state index contributed by atoms with van der Waals surface area (Å²) in [6, 6.07) is 0. The third kappa shape index (κ3) is 4.57. The van der Waals surface area contributed by atoms with Crippen LogP contribution in [0.4, 0.5) is 8.78 Å². The van der Waals surface area contributed by atoms with E-state index in [1.165, 1.54) is 57.4 Å². The zero-order valence-electron chi connectivity index (χ0n) is 12.2. The number of rotatable bonds is 4. The fourth-order valence-corrected chi connectivity index (χ4v) is 4.32. The lowest BCUT2D eigenvalue weighted by Crippen LogP contribution is -2.25. The van der Waals surface area contributed by atoms with E-state index in [2.05, 4.69) is 6.92 Å². The third-order valence-corrected chi connectivity index (χ3v) is 5.43. The predicted molar refractivity (Wildman–Crippen MR) is 76.1 cm³/mol. The van der Waals surface area contributed by atoms with Gasteiger partial charge in [0.05, 0.1) is 0 Å². The van der Waals surface area contributed by atoms with Crippen molar-refractivity contribution in [3.8, 4) is 0 Å². The third-order valence-electron chi connectivity index (χ3n) is 5.43. The van der Waals surface area contributed by atoms with E-state index in [0.717, 1.165) is 30.6 Å². The van der Waals surface area contributed by atoms with Gasteiger partial charge in [0.15, 0.2) is 0 Å². The van der Waals surface area contributed by atoms with Gasteiger partial charge < -0.3 is 0 Å². The number of halogens is 2. The van der Waals surface area contributed by atoms with E-state index < -0.39 is 6.08 Å². The summed E-state index contributed by atoms with van der Waals surface area (Å²) in [5.74, 6) is 2.85. The zero-order chi connectivity index (χ0) is 13.7. The molecule has 2 fully saturated rings. The van der Waals surface area contributed by atoms with Crippen LogP contribution in [0.25, 0.3) is 0 Å². The highest BCUT2D eigenvalue weighted by molar-refractivity contribution is 4.92. The van der Waals surface area contributed by atoms with Gasteiger partial charge in [0.25, 0.3) is 6.08 Å². The Morgan fingerprint density at radius 3 is 1.89 bits per heavy atom. The van der Waals surface area contributed by atoms with Crippen molar-refractivity contribution in [3.05, 3.63) is 12.2 Å². The maximum absolute atomic E-state index is 12.2. The largest absolute Gasteiger partial charge is 0.266 e. The summed E-state index contributed by atoms with van der Waals surface area (Å²) in [6.45, 7) is 2.28. The fourth-order valence-electron chi connectivity index (χ4n) is 4.32. The number of hydrogen-bond acceptors (Lipinski definition) is 0. The molecule has 0 aromatic heterocycles. The van der Waals surface area contributed by atoms with Crippen LogP contribution in [-0.4, -0.2) is 0 Å². The van der Waals surface area contributed by atoms with Crippen LogP contribution in [0.1, 0.15) is 71.1 Å². The Labute approximate surface area is 116 Å². The molecule has 0 heterocycles. The van der Waals surface area contributed by atoms with Crippen LogP contribution < -0.4 is 0 Å². The van der Waals surface area contributed by atoms with Gasteiger partial charge in [0, 0.05) is 0 Å². The van der Waals surface area contributed by atoms with Crippen LogP contribution in [0, 0.1) is 23.7 Å². The van der Waals surface area contributed by atoms with Gasteiger partial charge in [-0.2, -0.15) is 8.78 Å². The molecule has 0 radical (unpaired) electrons. The van der Waals surface area contributed by atoms with Gasteiger partial charge in [-0.05, 0) is 68.3 Å². The van der Waals surface area contributed by atoms with Gasteiger partial charge in [0.2, 0.25) is 0 Å². The highest BCUT2D eigenvalue weighted by Gasteiger charge is 2.30. The minimum absolute atomic E-state index is 0.151. The lowest BCUT2D eigenvalue weighted by molar-refractivity contribution is 0.151. The van der Waals surface area contributed by atoms with Crippen LogP contribution in [0.3, 0.4) is 0 Å². The van der Waals surface area contributed by atoms with Crippen LogP contribution in [0.5, 0.6) is 0 Å². The molecule has 0 bridgehead atoms. The summed E-state index contributed by atoms with van der Waals surface area (Å²) >= 11 is 0. The standard InChI is InChI=1S/C17H28F2/c1-2-3-13-4-8-15(9-5-13)16-10-6-14(7-11-16)12-17(18)19/h12-16H,2-11H2,1H3. The first-order valence-corrected chi connectivity index (χ1v) is 8.21.